The zero-order chi connectivity index (χ0) is 20.5. The molecule has 0 saturated carbocycles. The van der Waals surface area contributed by atoms with Crippen molar-refractivity contribution in [3.05, 3.63) is 65.2 Å². The highest BCUT2D eigenvalue weighted by Gasteiger charge is 2.13. The highest BCUT2D eigenvalue weighted by molar-refractivity contribution is 5.94. The van der Waals surface area contributed by atoms with E-state index in [2.05, 4.69) is 16.0 Å². The number of carbonyl (C=O) groups excluding carboxylic acids is 3. The number of halogens is 2. The number of benzene rings is 2. The van der Waals surface area contributed by atoms with E-state index in [-0.39, 0.29) is 36.8 Å². The number of rotatable bonds is 8. The Kier molecular flexibility index (Phi) is 7.62. The summed E-state index contributed by atoms with van der Waals surface area (Å²) in [5.74, 6) is -2.82. The average Bonchev–Trinajstić information content (AvgIpc) is 2.66. The summed E-state index contributed by atoms with van der Waals surface area (Å²) in [4.78, 5) is 35.5. The first-order chi connectivity index (χ1) is 13.4. The van der Waals surface area contributed by atoms with Gasteiger partial charge in [-0.1, -0.05) is 18.2 Å². The molecule has 0 bridgehead atoms. The summed E-state index contributed by atoms with van der Waals surface area (Å²) < 4.78 is 26.4. The molecule has 28 heavy (non-hydrogen) atoms. The first-order valence-corrected chi connectivity index (χ1v) is 8.72. The third-order valence-corrected chi connectivity index (χ3v) is 3.96. The summed E-state index contributed by atoms with van der Waals surface area (Å²) in [6.45, 7) is 0.156. The van der Waals surface area contributed by atoms with Gasteiger partial charge in [0.2, 0.25) is 11.8 Å². The lowest BCUT2D eigenvalue weighted by molar-refractivity contribution is -0.120. The van der Waals surface area contributed by atoms with Crippen LogP contribution in [-0.2, 0) is 16.0 Å². The van der Waals surface area contributed by atoms with Crippen LogP contribution >= 0.6 is 0 Å². The maximum absolute atomic E-state index is 13.5. The van der Waals surface area contributed by atoms with Crippen LogP contribution in [0, 0.1) is 11.6 Å². The minimum atomic E-state index is -0.942. The Morgan fingerprint density at radius 3 is 2.46 bits per heavy atom. The molecular weight excluding hydrogens is 368 g/mol. The number of para-hydroxylation sites is 1. The van der Waals surface area contributed by atoms with Gasteiger partial charge in [0.25, 0.3) is 5.91 Å². The molecule has 0 fully saturated rings. The molecule has 0 aliphatic rings. The van der Waals surface area contributed by atoms with Gasteiger partial charge in [-0.3, -0.25) is 14.4 Å². The minimum absolute atomic E-state index is 0.125. The van der Waals surface area contributed by atoms with Crippen LogP contribution in [0.25, 0.3) is 0 Å². The molecule has 0 spiro atoms. The maximum Gasteiger partial charge on any atom is 0.254 e. The van der Waals surface area contributed by atoms with Crippen molar-refractivity contribution in [1.82, 2.24) is 10.6 Å². The molecule has 0 heterocycles. The topological polar surface area (TPSA) is 87.3 Å². The van der Waals surface area contributed by atoms with E-state index in [1.54, 1.807) is 24.3 Å². The Morgan fingerprint density at radius 2 is 1.75 bits per heavy atom. The van der Waals surface area contributed by atoms with Gasteiger partial charge in [0.1, 0.15) is 11.6 Å². The summed E-state index contributed by atoms with van der Waals surface area (Å²) in [7, 11) is 1.54. The summed E-state index contributed by atoms with van der Waals surface area (Å²) in [5, 5.41) is 7.76. The quantitative estimate of drug-likeness (QED) is 0.606. The molecule has 2 aromatic rings. The SMILES string of the molecule is CNC(=O)Cc1ccccc1NC(=O)CCCNC(=O)c1ccc(F)cc1F. The van der Waals surface area contributed by atoms with Crippen LogP contribution in [0.1, 0.15) is 28.8 Å². The molecule has 3 amide bonds. The molecule has 0 aromatic heterocycles. The molecule has 2 rings (SSSR count). The fourth-order valence-electron chi connectivity index (χ4n) is 2.49. The van der Waals surface area contributed by atoms with Crippen molar-refractivity contribution in [3.8, 4) is 0 Å². The van der Waals surface area contributed by atoms with Gasteiger partial charge in [-0.05, 0) is 30.2 Å². The number of anilines is 1. The predicted molar refractivity (Wildman–Crippen MR) is 101 cm³/mol. The molecule has 148 valence electrons. The van der Waals surface area contributed by atoms with Crippen molar-refractivity contribution in [2.45, 2.75) is 19.3 Å². The number of amides is 3. The van der Waals surface area contributed by atoms with Crippen molar-refractivity contribution in [3.63, 3.8) is 0 Å². The highest BCUT2D eigenvalue weighted by Crippen LogP contribution is 2.16. The van der Waals surface area contributed by atoms with Crippen LogP contribution in [-0.4, -0.2) is 31.3 Å². The molecule has 0 unspecified atom stereocenters. The van der Waals surface area contributed by atoms with Gasteiger partial charge in [0.15, 0.2) is 0 Å². The zero-order valence-electron chi connectivity index (χ0n) is 15.4. The van der Waals surface area contributed by atoms with E-state index in [9.17, 15) is 23.2 Å². The number of hydrogen-bond acceptors (Lipinski definition) is 3. The number of hydrogen-bond donors (Lipinski definition) is 3. The second-order valence-corrected chi connectivity index (χ2v) is 6.04. The van der Waals surface area contributed by atoms with Crippen LogP contribution in [0.5, 0.6) is 0 Å². The van der Waals surface area contributed by atoms with Crippen LogP contribution in [0.4, 0.5) is 14.5 Å². The van der Waals surface area contributed by atoms with E-state index < -0.39 is 17.5 Å². The molecule has 3 N–H and O–H groups in total. The second kappa shape index (κ2) is 10.1. The first kappa shape index (κ1) is 21.0. The predicted octanol–water partition coefficient (Wildman–Crippen LogP) is 2.40. The lowest BCUT2D eigenvalue weighted by Gasteiger charge is -2.11. The standard InChI is InChI=1S/C20H21F2N3O3/c1-23-19(27)11-13-5-2-3-6-17(13)25-18(26)7-4-10-24-20(28)15-9-8-14(21)12-16(15)22/h2-3,5-6,8-9,12H,4,7,10-11H2,1H3,(H,23,27)(H,24,28)(H,25,26). The third-order valence-electron chi connectivity index (χ3n) is 3.96. The van der Waals surface area contributed by atoms with Gasteiger partial charge in [-0.2, -0.15) is 0 Å². The Hall–Kier alpha value is -3.29. The van der Waals surface area contributed by atoms with E-state index in [0.29, 0.717) is 23.7 Å². The third kappa shape index (κ3) is 6.15. The molecule has 6 nitrogen and oxygen atoms in total. The van der Waals surface area contributed by atoms with Gasteiger partial charge in [-0.15, -0.1) is 0 Å². The number of likely N-dealkylation sites (N-methyl/N-ethyl adjacent to an activating group) is 1. The molecule has 0 atom stereocenters. The van der Waals surface area contributed by atoms with Gasteiger partial charge >= 0.3 is 0 Å². The lowest BCUT2D eigenvalue weighted by Crippen LogP contribution is -2.26. The number of nitrogens with one attached hydrogen (secondary N) is 3. The van der Waals surface area contributed by atoms with Crippen LogP contribution in [0.15, 0.2) is 42.5 Å². The number of carbonyl (C=O) groups is 3. The van der Waals surface area contributed by atoms with Crippen molar-refractivity contribution < 1.29 is 23.2 Å². The first-order valence-electron chi connectivity index (χ1n) is 8.72. The maximum atomic E-state index is 13.5. The zero-order valence-corrected chi connectivity index (χ0v) is 15.4. The van der Waals surface area contributed by atoms with Gasteiger partial charge in [-0.25, -0.2) is 8.78 Å². The molecule has 0 radical (unpaired) electrons. The molecule has 0 saturated heterocycles. The van der Waals surface area contributed by atoms with E-state index in [0.717, 1.165) is 12.1 Å². The Morgan fingerprint density at radius 1 is 1.00 bits per heavy atom. The van der Waals surface area contributed by atoms with Crippen molar-refractivity contribution in [2.24, 2.45) is 0 Å². The molecule has 2 aromatic carbocycles. The monoisotopic (exact) mass is 389 g/mol. The van der Waals surface area contributed by atoms with E-state index in [1.165, 1.54) is 7.05 Å². The fraction of sp³-hybridized carbons (Fsp3) is 0.250. The molecule has 8 heteroatoms. The van der Waals surface area contributed by atoms with Crippen LogP contribution in [0.2, 0.25) is 0 Å². The Balaban J connectivity index is 1.80. The van der Waals surface area contributed by atoms with Crippen molar-refractivity contribution in [2.75, 3.05) is 18.9 Å². The summed E-state index contributed by atoms with van der Waals surface area (Å²) in [6.07, 6.45) is 0.602. The smallest absolute Gasteiger partial charge is 0.254 e. The Labute approximate surface area is 161 Å². The van der Waals surface area contributed by atoms with Crippen LogP contribution in [0.3, 0.4) is 0 Å². The summed E-state index contributed by atoms with van der Waals surface area (Å²) in [5.41, 5.74) is 0.984. The minimum Gasteiger partial charge on any atom is -0.359 e. The summed E-state index contributed by atoms with van der Waals surface area (Å²) in [6, 6.07) is 9.69. The van der Waals surface area contributed by atoms with Crippen molar-refractivity contribution in [1.29, 1.82) is 0 Å². The normalized spacial score (nSPS) is 10.2. The average molecular weight is 389 g/mol. The van der Waals surface area contributed by atoms with E-state index in [4.69, 9.17) is 0 Å². The molecule has 0 aliphatic heterocycles. The van der Waals surface area contributed by atoms with Crippen molar-refractivity contribution >= 4 is 23.4 Å². The molecule has 0 aliphatic carbocycles. The summed E-state index contributed by atoms with van der Waals surface area (Å²) >= 11 is 0. The molecular formula is C20H21F2N3O3. The highest BCUT2D eigenvalue weighted by atomic mass is 19.1. The van der Waals surface area contributed by atoms with Crippen LogP contribution < -0.4 is 16.0 Å². The van der Waals surface area contributed by atoms with Gasteiger partial charge in [0, 0.05) is 31.8 Å². The van der Waals surface area contributed by atoms with Gasteiger partial charge < -0.3 is 16.0 Å². The van der Waals surface area contributed by atoms with E-state index >= 15 is 0 Å². The largest absolute Gasteiger partial charge is 0.359 e. The fourth-order valence-corrected chi connectivity index (χ4v) is 2.49. The Bertz CT molecular complexity index is 872. The second-order valence-electron chi connectivity index (χ2n) is 6.04. The van der Waals surface area contributed by atoms with Gasteiger partial charge in [0.05, 0.1) is 12.0 Å². The van der Waals surface area contributed by atoms with E-state index in [1.807, 2.05) is 0 Å². The lowest BCUT2D eigenvalue weighted by atomic mass is 10.1.